The van der Waals surface area contributed by atoms with E-state index in [0.29, 0.717) is 0 Å². The Bertz CT molecular complexity index is 141. The van der Waals surface area contributed by atoms with Crippen molar-refractivity contribution in [2.24, 2.45) is 0 Å². The van der Waals surface area contributed by atoms with Gasteiger partial charge in [0, 0.05) is 5.03 Å². The van der Waals surface area contributed by atoms with Crippen molar-refractivity contribution < 1.29 is 0 Å². The minimum absolute atomic E-state index is 0.760. The van der Waals surface area contributed by atoms with E-state index < -0.39 is 0 Å². The quantitative estimate of drug-likeness (QED) is 0.520. The van der Waals surface area contributed by atoms with E-state index in [9.17, 15) is 0 Å². The van der Waals surface area contributed by atoms with Gasteiger partial charge in [0.25, 0.3) is 0 Å². The minimum Gasteiger partial charge on any atom is -0.0876 e. The fourth-order valence-corrected chi connectivity index (χ4v) is 0.602. The summed E-state index contributed by atoms with van der Waals surface area (Å²) in [6.45, 7) is 3.89. The number of allylic oxidation sites excluding steroid dienone is 6. The molecule has 0 nitrogen and oxygen atoms in total. The summed E-state index contributed by atoms with van der Waals surface area (Å²) < 4.78 is 0. The van der Waals surface area contributed by atoms with Crippen molar-refractivity contribution in [3.8, 4) is 0 Å². The van der Waals surface area contributed by atoms with Crippen LogP contribution in [0.2, 0.25) is 0 Å². The molecule has 0 aromatic rings. The van der Waals surface area contributed by atoms with Gasteiger partial charge in [-0.05, 0) is 26.0 Å². The highest BCUT2D eigenvalue weighted by Gasteiger charge is 1.76. The third kappa shape index (κ3) is 5.38. The summed E-state index contributed by atoms with van der Waals surface area (Å²) in [5.41, 5.74) is 0. The Labute approximate surface area is 61.5 Å². The first-order valence-electron chi connectivity index (χ1n) is 2.92. The average Bonchev–Trinajstić information content (AvgIpc) is 1.85. The van der Waals surface area contributed by atoms with Gasteiger partial charge in [0.1, 0.15) is 0 Å². The third-order valence-electron chi connectivity index (χ3n) is 0.774. The average molecular weight is 143 g/mol. The molecule has 0 fully saturated rings. The first-order chi connectivity index (χ1) is 4.31. The van der Waals surface area contributed by atoms with Crippen LogP contribution >= 0.6 is 11.6 Å². The van der Waals surface area contributed by atoms with Crippen LogP contribution in [0.5, 0.6) is 0 Å². The van der Waals surface area contributed by atoms with Crippen molar-refractivity contribution in [1.82, 2.24) is 0 Å². The van der Waals surface area contributed by atoms with Crippen molar-refractivity contribution in [2.75, 3.05) is 0 Å². The lowest BCUT2D eigenvalue weighted by Crippen LogP contribution is -1.58. The molecule has 0 aromatic carbocycles. The van der Waals surface area contributed by atoms with Crippen LogP contribution in [0.4, 0.5) is 0 Å². The van der Waals surface area contributed by atoms with Crippen molar-refractivity contribution in [3.63, 3.8) is 0 Å². The molecule has 1 heteroatoms. The molecule has 0 aliphatic rings. The van der Waals surface area contributed by atoms with Gasteiger partial charge in [-0.15, -0.1) is 0 Å². The zero-order valence-electron chi connectivity index (χ0n) is 5.76. The molecule has 0 rings (SSSR count). The minimum atomic E-state index is 0.760. The number of rotatable bonds is 2. The van der Waals surface area contributed by atoms with Gasteiger partial charge in [0.05, 0.1) is 0 Å². The Morgan fingerprint density at radius 2 is 1.89 bits per heavy atom. The van der Waals surface area contributed by atoms with Gasteiger partial charge >= 0.3 is 0 Å². The van der Waals surface area contributed by atoms with Crippen LogP contribution in [-0.2, 0) is 0 Å². The largest absolute Gasteiger partial charge is 0.0876 e. The van der Waals surface area contributed by atoms with Gasteiger partial charge in [-0.3, -0.25) is 0 Å². The lowest BCUT2D eigenvalue weighted by atomic mass is 10.4. The van der Waals surface area contributed by atoms with Crippen molar-refractivity contribution in [1.29, 1.82) is 0 Å². The van der Waals surface area contributed by atoms with E-state index in [2.05, 4.69) is 0 Å². The number of hydrogen-bond donors (Lipinski definition) is 0. The van der Waals surface area contributed by atoms with Crippen molar-refractivity contribution in [3.05, 3.63) is 35.4 Å². The summed E-state index contributed by atoms with van der Waals surface area (Å²) in [5.74, 6) is 0. The zero-order chi connectivity index (χ0) is 7.11. The maximum absolute atomic E-state index is 5.68. The SMILES string of the molecule is C\C=C/C=C(Cl)\C=C\C. The lowest BCUT2D eigenvalue weighted by Gasteiger charge is -1.80. The fraction of sp³-hybridized carbons (Fsp3) is 0.250. The highest BCUT2D eigenvalue weighted by molar-refractivity contribution is 6.31. The molecule has 0 radical (unpaired) electrons. The van der Waals surface area contributed by atoms with Crippen molar-refractivity contribution in [2.45, 2.75) is 13.8 Å². The molecule has 0 amide bonds. The van der Waals surface area contributed by atoms with Crippen LogP contribution in [-0.4, -0.2) is 0 Å². The maximum Gasteiger partial charge on any atom is 0.0402 e. The standard InChI is InChI=1S/C8H11Cl/c1-3-5-7-8(9)6-4-2/h3-7H,1-2H3/b5-3-,6-4+,8-7+. The van der Waals surface area contributed by atoms with Crippen LogP contribution in [0, 0.1) is 0 Å². The highest BCUT2D eigenvalue weighted by Crippen LogP contribution is 2.02. The first-order valence-corrected chi connectivity index (χ1v) is 3.30. The van der Waals surface area contributed by atoms with Crippen LogP contribution in [0.1, 0.15) is 13.8 Å². The molecule has 0 spiro atoms. The second-order valence-corrected chi connectivity index (χ2v) is 2.01. The van der Waals surface area contributed by atoms with Crippen LogP contribution < -0.4 is 0 Å². The molecular formula is C8H11Cl. The van der Waals surface area contributed by atoms with E-state index in [1.54, 1.807) is 0 Å². The Balaban J connectivity index is 3.84. The predicted molar refractivity (Wildman–Crippen MR) is 43.6 cm³/mol. The van der Waals surface area contributed by atoms with Crippen molar-refractivity contribution >= 4 is 11.6 Å². The van der Waals surface area contributed by atoms with E-state index in [0.717, 1.165) is 5.03 Å². The highest BCUT2D eigenvalue weighted by atomic mass is 35.5. The summed E-state index contributed by atoms with van der Waals surface area (Å²) in [6.07, 6.45) is 9.44. The van der Waals surface area contributed by atoms with E-state index in [-0.39, 0.29) is 0 Å². The van der Waals surface area contributed by atoms with Crippen LogP contribution in [0.3, 0.4) is 0 Å². The summed E-state index contributed by atoms with van der Waals surface area (Å²) in [4.78, 5) is 0. The molecule has 0 saturated carbocycles. The van der Waals surface area contributed by atoms with Gasteiger partial charge in [-0.1, -0.05) is 29.8 Å². The monoisotopic (exact) mass is 142 g/mol. The maximum atomic E-state index is 5.68. The number of hydrogen-bond acceptors (Lipinski definition) is 0. The van der Waals surface area contributed by atoms with Crippen LogP contribution in [0.15, 0.2) is 35.4 Å². The van der Waals surface area contributed by atoms with E-state index in [4.69, 9.17) is 11.6 Å². The van der Waals surface area contributed by atoms with Crippen LogP contribution in [0.25, 0.3) is 0 Å². The molecular weight excluding hydrogens is 132 g/mol. The van der Waals surface area contributed by atoms with E-state index in [1.165, 1.54) is 0 Å². The molecule has 9 heavy (non-hydrogen) atoms. The second-order valence-electron chi connectivity index (χ2n) is 1.58. The van der Waals surface area contributed by atoms with Gasteiger partial charge in [-0.2, -0.15) is 0 Å². The van der Waals surface area contributed by atoms with Gasteiger partial charge < -0.3 is 0 Å². The molecule has 0 bridgehead atoms. The normalized spacial score (nSPS) is 13.9. The summed E-state index contributed by atoms with van der Waals surface area (Å²) >= 11 is 5.68. The van der Waals surface area contributed by atoms with E-state index >= 15 is 0 Å². The molecule has 0 aliphatic heterocycles. The number of halogens is 1. The Morgan fingerprint density at radius 1 is 1.22 bits per heavy atom. The molecule has 50 valence electrons. The van der Waals surface area contributed by atoms with Gasteiger partial charge in [-0.25, -0.2) is 0 Å². The molecule has 0 saturated heterocycles. The topological polar surface area (TPSA) is 0 Å². The smallest absolute Gasteiger partial charge is 0.0402 e. The van der Waals surface area contributed by atoms with E-state index in [1.807, 2.05) is 44.2 Å². The zero-order valence-corrected chi connectivity index (χ0v) is 6.52. The molecule has 0 heterocycles. The Morgan fingerprint density at radius 3 is 2.33 bits per heavy atom. The first kappa shape index (κ1) is 8.51. The molecule has 0 N–H and O–H groups in total. The van der Waals surface area contributed by atoms with Gasteiger partial charge in [0.15, 0.2) is 0 Å². The molecule has 0 aromatic heterocycles. The predicted octanol–water partition coefficient (Wildman–Crippen LogP) is 3.26. The fourth-order valence-electron chi connectivity index (χ4n) is 0.403. The lowest BCUT2D eigenvalue weighted by molar-refractivity contribution is 1.68. The molecule has 0 atom stereocenters. The summed E-state index contributed by atoms with van der Waals surface area (Å²) in [5, 5.41) is 0.760. The summed E-state index contributed by atoms with van der Waals surface area (Å²) in [7, 11) is 0. The van der Waals surface area contributed by atoms with Gasteiger partial charge in [0.2, 0.25) is 0 Å². The Hall–Kier alpha value is -0.490. The second kappa shape index (κ2) is 5.64. The summed E-state index contributed by atoms with van der Waals surface area (Å²) in [6, 6.07) is 0. The molecule has 0 aliphatic carbocycles. The Kier molecular flexibility index (Phi) is 5.34. The molecule has 0 unspecified atom stereocenters. The third-order valence-corrected chi connectivity index (χ3v) is 1.03.